The summed E-state index contributed by atoms with van der Waals surface area (Å²) in [6.07, 6.45) is 0.497. The summed E-state index contributed by atoms with van der Waals surface area (Å²) >= 11 is 3.10. The Labute approximate surface area is 120 Å². The molecule has 0 unspecified atom stereocenters. The van der Waals surface area contributed by atoms with E-state index < -0.39 is 0 Å². The van der Waals surface area contributed by atoms with E-state index in [-0.39, 0.29) is 12.4 Å². The van der Waals surface area contributed by atoms with Crippen molar-refractivity contribution in [2.75, 3.05) is 6.61 Å². The number of halogens is 1. The molecule has 1 heterocycles. The number of benzene rings is 1. The molecule has 0 aliphatic rings. The summed E-state index contributed by atoms with van der Waals surface area (Å²) < 4.78 is 13.4. The number of aliphatic hydroxyl groups is 1. The Balaban J connectivity index is 1.94. The van der Waals surface area contributed by atoms with Gasteiger partial charge in [-0.2, -0.15) is 0 Å². The minimum absolute atomic E-state index is 0.0916. The lowest BCUT2D eigenvalue weighted by Gasteiger charge is -2.00. The van der Waals surface area contributed by atoms with Gasteiger partial charge in [0.15, 0.2) is 0 Å². The molecule has 0 saturated carbocycles. The van der Waals surface area contributed by atoms with Gasteiger partial charge in [-0.15, -0.1) is 23.1 Å². The van der Waals surface area contributed by atoms with Crippen LogP contribution < -0.4 is 0 Å². The highest BCUT2D eigenvalue weighted by Gasteiger charge is 2.03. The van der Waals surface area contributed by atoms with Gasteiger partial charge in [-0.1, -0.05) is 24.0 Å². The first kappa shape index (κ1) is 14.1. The summed E-state index contributed by atoms with van der Waals surface area (Å²) in [7, 11) is 0. The second-order valence-electron chi connectivity index (χ2n) is 3.76. The molecule has 4 heteroatoms. The Morgan fingerprint density at radius 3 is 2.84 bits per heavy atom. The molecule has 0 aliphatic heterocycles. The van der Waals surface area contributed by atoms with Crippen LogP contribution >= 0.6 is 23.1 Å². The fourth-order valence-electron chi connectivity index (χ4n) is 1.44. The molecule has 0 fully saturated rings. The first-order valence-electron chi connectivity index (χ1n) is 5.85. The number of aliphatic hydroxyl groups excluding tert-OH is 1. The van der Waals surface area contributed by atoms with Crippen molar-refractivity contribution < 1.29 is 9.50 Å². The molecule has 1 N–H and O–H groups in total. The van der Waals surface area contributed by atoms with Crippen LogP contribution in [0.3, 0.4) is 0 Å². The quantitative estimate of drug-likeness (QED) is 0.681. The summed E-state index contributed by atoms with van der Waals surface area (Å²) in [6.45, 7) is 0.0916. The second kappa shape index (κ2) is 7.34. The van der Waals surface area contributed by atoms with E-state index in [9.17, 15) is 4.39 Å². The van der Waals surface area contributed by atoms with Gasteiger partial charge >= 0.3 is 0 Å². The first-order chi connectivity index (χ1) is 9.29. The Morgan fingerprint density at radius 2 is 2.05 bits per heavy atom. The van der Waals surface area contributed by atoms with E-state index in [2.05, 4.69) is 11.8 Å². The zero-order valence-electron chi connectivity index (χ0n) is 10.2. The number of thiophene rings is 1. The van der Waals surface area contributed by atoms with Crippen molar-refractivity contribution in [3.05, 3.63) is 52.0 Å². The third kappa shape index (κ3) is 4.39. The molecule has 0 bridgehead atoms. The maximum absolute atomic E-state index is 13.4. The van der Waals surface area contributed by atoms with Gasteiger partial charge in [0.05, 0.1) is 11.5 Å². The van der Waals surface area contributed by atoms with Crippen LogP contribution in [0.25, 0.3) is 0 Å². The van der Waals surface area contributed by atoms with Crippen molar-refractivity contribution in [3.8, 4) is 11.8 Å². The molecule has 0 amide bonds. The fraction of sp³-hybridized carbons (Fsp3) is 0.200. The lowest BCUT2D eigenvalue weighted by molar-refractivity contribution is 0.305. The van der Waals surface area contributed by atoms with Crippen molar-refractivity contribution in [2.45, 2.75) is 17.1 Å². The largest absolute Gasteiger partial charge is 0.395 e. The third-order valence-corrected chi connectivity index (χ3v) is 4.60. The van der Waals surface area contributed by atoms with E-state index in [0.717, 1.165) is 10.6 Å². The molecule has 2 rings (SSSR count). The normalized spacial score (nSPS) is 10.0. The predicted molar refractivity (Wildman–Crippen MR) is 78.9 cm³/mol. The van der Waals surface area contributed by atoms with Crippen LogP contribution in [0.4, 0.5) is 4.39 Å². The molecular formula is C15H13FOS2. The number of hydrogen-bond acceptors (Lipinski definition) is 3. The van der Waals surface area contributed by atoms with Crippen LogP contribution in [0, 0.1) is 17.7 Å². The predicted octanol–water partition coefficient (Wildman–Crippen LogP) is 3.91. The lowest BCUT2D eigenvalue weighted by Crippen LogP contribution is -1.80. The average Bonchev–Trinajstić information content (AvgIpc) is 2.86. The van der Waals surface area contributed by atoms with Crippen molar-refractivity contribution in [1.29, 1.82) is 0 Å². The van der Waals surface area contributed by atoms with Gasteiger partial charge in [-0.05, 0) is 24.3 Å². The van der Waals surface area contributed by atoms with Gasteiger partial charge in [-0.25, -0.2) is 4.39 Å². The number of rotatable bonds is 4. The lowest BCUT2D eigenvalue weighted by atomic mass is 10.3. The molecule has 1 aromatic carbocycles. The standard InChI is InChI=1S/C15H13FOS2/c16-14-6-1-2-7-15(14)18-11-13-9-8-12(19-13)5-3-4-10-17/h1-2,6-9,17H,4,10-11H2. The summed E-state index contributed by atoms with van der Waals surface area (Å²) in [5.41, 5.74) is 0. The van der Waals surface area contributed by atoms with Crippen LogP contribution in [-0.4, -0.2) is 11.7 Å². The molecule has 1 aromatic heterocycles. The summed E-state index contributed by atoms with van der Waals surface area (Å²) in [5, 5.41) is 8.65. The molecule has 0 spiro atoms. The first-order valence-corrected chi connectivity index (χ1v) is 7.65. The maximum Gasteiger partial charge on any atom is 0.136 e. The minimum atomic E-state index is -0.174. The van der Waals surface area contributed by atoms with Gasteiger partial charge in [0.1, 0.15) is 5.82 Å². The Morgan fingerprint density at radius 1 is 1.21 bits per heavy atom. The Hall–Kier alpha value is -1.28. The molecule has 0 atom stereocenters. The molecule has 0 aliphatic carbocycles. The van der Waals surface area contributed by atoms with Gasteiger partial charge in [-0.3, -0.25) is 0 Å². The van der Waals surface area contributed by atoms with E-state index in [1.807, 2.05) is 18.2 Å². The number of thioether (sulfide) groups is 1. The molecule has 0 radical (unpaired) electrons. The monoisotopic (exact) mass is 292 g/mol. The fourth-order valence-corrected chi connectivity index (χ4v) is 3.30. The Bertz CT molecular complexity index is 595. The SMILES string of the molecule is OCCC#Cc1ccc(CSc2ccccc2F)s1. The summed E-state index contributed by atoms with van der Waals surface area (Å²) in [6, 6.07) is 10.8. The van der Waals surface area contributed by atoms with Crippen LogP contribution in [0.15, 0.2) is 41.3 Å². The Kier molecular flexibility index (Phi) is 5.46. The van der Waals surface area contributed by atoms with Crippen molar-refractivity contribution in [3.63, 3.8) is 0 Å². The highest BCUT2D eigenvalue weighted by molar-refractivity contribution is 7.98. The van der Waals surface area contributed by atoms with Crippen molar-refractivity contribution in [2.24, 2.45) is 0 Å². The van der Waals surface area contributed by atoms with E-state index in [0.29, 0.717) is 11.3 Å². The molecule has 2 aromatic rings. The maximum atomic E-state index is 13.4. The van der Waals surface area contributed by atoms with E-state index >= 15 is 0 Å². The van der Waals surface area contributed by atoms with E-state index in [1.54, 1.807) is 23.5 Å². The van der Waals surface area contributed by atoms with Crippen LogP contribution in [0.2, 0.25) is 0 Å². The van der Waals surface area contributed by atoms with Crippen molar-refractivity contribution in [1.82, 2.24) is 0 Å². The van der Waals surface area contributed by atoms with Gasteiger partial charge in [0, 0.05) is 21.9 Å². The van der Waals surface area contributed by atoms with Gasteiger partial charge in [0.25, 0.3) is 0 Å². The average molecular weight is 292 g/mol. The summed E-state index contributed by atoms with van der Waals surface area (Å²) in [4.78, 5) is 2.82. The van der Waals surface area contributed by atoms with Crippen LogP contribution in [0.1, 0.15) is 16.2 Å². The van der Waals surface area contributed by atoms with E-state index in [1.165, 1.54) is 22.7 Å². The van der Waals surface area contributed by atoms with Gasteiger partial charge in [0.2, 0.25) is 0 Å². The van der Waals surface area contributed by atoms with E-state index in [4.69, 9.17) is 5.11 Å². The molecule has 19 heavy (non-hydrogen) atoms. The second-order valence-corrected chi connectivity index (χ2v) is 5.95. The molecule has 0 saturated heterocycles. The summed E-state index contributed by atoms with van der Waals surface area (Å²) in [5.74, 6) is 6.46. The molecule has 98 valence electrons. The highest BCUT2D eigenvalue weighted by Crippen LogP contribution is 2.28. The third-order valence-electron chi connectivity index (χ3n) is 2.32. The zero-order valence-corrected chi connectivity index (χ0v) is 11.9. The van der Waals surface area contributed by atoms with Crippen LogP contribution in [0.5, 0.6) is 0 Å². The van der Waals surface area contributed by atoms with Crippen molar-refractivity contribution >= 4 is 23.1 Å². The van der Waals surface area contributed by atoms with Gasteiger partial charge < -0.3 is 5.11 Å². The topological polar surface area (TPSA) is 20.2 Å². The molecular weight excluding hydrogens is 279 g/mol. The molecule has 1 nitrogen and oxygen atoms in total. The van der Waals surface area contributed by atoms with Crippen LogP contribution in [-0.2, 0) is 5.75 Å². The number of hydrogen-bond donors (Lipinski definition) is 1. The highest BCUT2D eigenvalue weighted by atomic mass is 32.2. The zero-order chi connectivity index (χ0) is 13.5. The smallest absolute Gasteiger partial charge is 0.136 e. The minimum Gasteiger partial charge on any atom is -0.395 e.